The van der Waals surface area contributed by atoms with Crippen LogP contribution in [0.4, 0.5) is 0 Å². The van der Waals surface area contributed by atoms with Gasteiger partial charge in [-0.15, -0.1) is 0 Å². The Hall–Kier alpha value is 0. The normalized spacial score (nSPS) is 23.6. The molecule has 7 heavy (non-hydrogen) atoms. The molecule has 1 heterocycles. The van der Waals surface area contributed by atoms with Crippen molar-refractivity contribution < 1.29 is 4.57 Å². The standard InChI is InChI=1S/C4H4ClOP/c5-7(6)3-1-2-4-7/h1-4H. The number of rotatable bonds is 0. The summed E-state index contributed by atoms with van der Waals surface area (Å²) in [4.78, 5) is 0. The van der Waals surface area contributed by atoms with E-state index in [0.717, 1.165) is 0 Å². The van der Waals surface area contributed by atoms with Gasteiger partial charge in [-0.05, 0) is 22.9 Å². The van der Waals surface area contributed by atoms with Crippen LogP contribution in [-0.4, -0.2) is 0 Å². The number of hydrogen-bond acceptors (Lipinski definition) is 1. The summed E-state index contributed by atoms with van der Waals surface area (Å²) >= 11 is 5.35. The summed E-state index contributed by atoms with van der Waals surface area (Å²) in [5.74, 6) is 3.02. The van der Waals surface area contributed by atoms with Crippen molar-refractivity contribution in [3.05, 3.63) is 23.8 Å². The third-order valence-electron chi connectivity index (χ3n) is 0.690. The molecule has 0 N–H and O–H groups in total. The van der Waals surface area contributed by atoms with Crippen LogP contribution in [0.25, 0.3) is 0 Å². The van der Waals surface area contributed by atoms with E-state index in [1.54, 1.807) is 12.2 Å². The van der Waals surface area contributed by atoms with Gasteiger partial charge in [0.05, 0.1) is 0 Å². The maximum atomic E-state index is 10.6. The third kappa shape index (κ3) is 1.19. The van der Waals surface area contributed by atoms with E-state index < -0.39 is 6.49 Å². The molecule has 0 aliphatic carbocycles. The fraction of sp³-hybridized carbons (Fsp3) is 0. The molecular formula is C4H4ClOP. The van der Waals surface area contributed by atoms with Gasteiger partial charge >= 0.3 is 0 Å². The molecule has 0 aromatic rings. The molecule has 0 atom stereocenters. The SMILES string of the molecule is O=P1(Cl)C=CC=C1. The molecular weight excluding hydrogens is 130 g/mol. The third-order valence-corrected chi connectivity index (χ3v) is 2.52. The van der Waals surface area contributed by atoms with Gasteiger partial charge in [-0.1, -0.05) is 12.2 Å². The van der Waals surface area contributed by atoms with Crippen LogP contribution in [0.1, 0.15) is 0 Å². The summed E-state index contributed by atoms with van der Waals surface area (Å²) < 4.78 is 10.6. The zero-order valence-electron chi connectivity index (χ0n) is 3.54. The van der Waals surface area contributed by atoms with Gasteiger partial charge in [0.15, 0.2) is 0 Å². The van der Waals surface area contributed by atoms with Crippen LogP contribution in [-0.2, 0) is 4.57 Å². The van der Waals surface area contributed by atoms with E-state index in [1.807, 2.05) is 0 Å². The van der Waals surface area contributed by atoms with Crippen LogP contribution < -0.4 is 0 Å². The minimum atomic E-state index is -2.43. The Bertz CT molecular complexity index is 155. The van der Waals surface area contributed by atoms with Crippen molar-refractivity contribution in [1.29, 1.82) is 0 Å². The van der Waals surface area contributed by atoms with Gasteiger partial charge in [-0.3, -0.25) is 4.57 Å². The van der Waals surface area contributed by atoms with Crippen LogP contribution in [0, 0.1) is 0 Å². The van der Waals surface area contributed by atoms with Gasteiger partial charge in [0.25, 0.3) is 0 Å². The fourth-order valence-electron chi connectivity index (χ4n) is 0.384. The van der Waals surface area contributed by atoms with Crippen molar-refractivity contribution in [3.63, 3.8) is 0 Å². The minimum Gasteiger partial charge on any atom is -0.298 e. The lowest BCUT2D eigenvalue weighted by Gasteiger charge is -1.86. The van der Waals surface area contributed by atoms with Crippen LogP contribution in [0.2, 0.25) is 0 Å². The molecule has 0 saturated heterocycles. The molecule has 1 nitrogen and oxygen atoms in total. The maximum absolute atomic E-state index is 10.6. The van der Waals surface area contributed by atoms with Crippen molar-refractivity contribution in [3.8, 4) is 0 Å². The maximum Gasteiger partial charge on any atom is 0.211 e. The molecule has 3 heteroatoms. The molecule has 0 saturated carbocycles. The first-order chi connectivity index (χ1) is 3.21. The smallest absolute Gasteiger partial charge is 0.211 e. The second kappa shape index (κ2) is 1.50. The molecule has 38 valence electrons. The van der Waals surface area contributed by atoms with Crippen LogP contribution in [0.15, 0.2) is 23.8 Å². The highest BCUT2D eigenvalue weighted by Gasteiger charge is 2.09. The molecule has 1 aliphatic heterocycles. The Labute approximate surface area is 46.8 Å². The van der Waals surface area contributed by atoms with Crippen LogP contribution in [0.3, 0.4) is 0 Å². The topological polar surface area (TPSA) is 17.1 Å². The van der Waals surface area contributed by atoms with Crippen molar-refractivity contribution in [2.45, 2.75) is 0 Å². The van der Waals surface area contributed by atoms with Crippen LogP contribution in [0.5, 0.6) is 0 Å². The second-order valence-electron chi connectivity index (χ2n) is 1.31. The molecule has 1 rings (SSSR count). The highest BCUT2D eigenvalue weighted by molar-refractivity contribution is 7.94. The Kier molecular flexibility index (Phi) is 1.10. The van der Waals surface area contributed by atoms with Gasteiger partial charge in [-0.25, -0.2) is 0 Å². The molecule has 0 aromatic carbocycles. The zero-order valence-corrected chi connectivity index (χ0v) is 5.19. The first-order valence-electron chi connectivity index (χ1n) is 1.87. The quantitative estimate of drug-likeness (QED) is 0.466. The van der Waals surface area contributed by atoms with Gasteiger partial charge in [0.1, 0.15) is 0 Å². The molecule has 1 aliphatic rings. The summed E-state index contributed by atoms with van der Waals surface area (Å²) in [7, 11) is 0. The van der Waals surface area contributed by atoms with E-state index in [9.17, 15) is 4.57 Å². The van der Waals surface area contributed by atoms with Crippen molar-refractivity contribution in [2.75, 3.05) is 0 Å². The van der Waals surface area contributed by atoms with Gasteiger partial charge < -0.3 is 0 Å². The predicted molar refractivity (Wildman–Crippen MR) is 31.7 cm³/mol. The van der Waals surface area contributed by atoms with Crippen molar-refractivity contribution in [1.82, 2.24) is 0 Å². The van der Waals surface area contributed by atoms with Crippen molar-refractivity contribution in [2.24, 2.45) is 0 Å². The van der Waals surface area contributed by atoms with E-state index in [2.05, 4.69) is 0 Å². The summed E-state index contributed by atoms with van der Waals surface area (Å²) in [6, 6.07) is 0. The summed E-state index contributed by atoms with van der Waals surface area (Å²) in [5, 5.41) is 0. The molecule has 0 amide bonds. The lowest BCUT2D eigenvalue weighted by Crippen LogP contribution is -1.43. The van der Waals surface area contributed by atoms with Gasteiger partial charge in [0.2, 0.25) is 6.49 Å². The molecule has 0 radical (unpaired) electrons. The summed E-state index contributed by atoms with van der Waals surface area (Å²) in [5.41, 5.74) is 0. The minimum absolute atomic E-state index is 1.51. The Morgan fingerprint density at radius 1 is 1.29 bits per heavy atom. The first-order valence-corrected chi connectivity index (χ1v) is 4.62. The lowest BCUT2D eigenvalue weighted by molar-refractivity contribution is 0.594. The highest BCUT2D eigenvalue weighted by atomic mass is 35.7. The van der Waals surface area contributed by atoms with Crippen LogP contribution >= 0.6 is 17.7 Å². The molecule has 0 bridgehead atoms. The Morgan fingerprint density at radius 3 is 1.86 bits per heavy atom. The largest absolute Gasteiger partial charge is 0.298 e. The van der Waals surface area contributed by atoms with Gasteiger partial charge in [0, 0.05) is 0 Å². The molecule has 0 spiro atoms. The summed E-state index contributed by atoms with van der Waals surface area (Å²) in [6.45, 7) is -2.43. The number of halogens is 1. The second-order valence-corrected chi connectivity index (χ2v) is 4.74. The average Bonchev–Trinajstić information content (AvgIpc) is 1.84. The Balaban J connectivity index is 2.99. The van der Waals surface area contributed by atoms with E-state index in [1.165, 1.54) is 11.6 Å². The number of allylic oxidation sites excluding steroid dienone is 2. The first kappa shape index (κ1) is 5.14. The lowest BCUT2D eigenvalue weighted by atomic mass is 10.6. The average molecular weight is 135 g/mol. The van der Waals surface area contributed by atoms with E-state index in [4.69, 9.17) is 11.2 Å². The predicted octanol–water partition coefficient (Wildman–Crippen LogP) is 2.54. The monoisotopic (exact) mass is 134 g/mol. The molecule has 0 unspecified atom stereocenters. The summed E-state index contributed by atoms with van der Waals surface area (Å²) in [6.07, 6.45) is 3.38. The van der Waals surface area contributed by atoms with Gasteiger partial charge in [-0.2, -0.15) is 0 Å². The zero-order chi connectivity index (χ0) is 5.33. The van der Waals surface area contributed by atoms with E-state index in [0.29, 0.717) is 0 Å². The van der Waals surface area contributed by atoms with Crippen molar-refractivity contribution >= 4 is 17.7 Å². The molecule has 0 aromatic heterocycles. The van der Waals surface area contributed by atoms with E-state index >= 15 is 0 Å². The number of hydrogen-bond donors (Lipinski definition) is 0. The van der Waals surface area contributed by atoms with E-state index in [-0.39, 0.29) is 0 Å². The molecule has 0 fully saturated rings. The fourth-order valence-corrected chi connectivity index (χ4v) is 1.54. The Morgan fingerprint density at radius 2 is 1.71 bits per heavy atom. The highest BCUT2D eigenvalue weighted by Crippen LogP contribution is 2.56.